The van der Waals surface area contributed by atoms with E-state index in [0.29, 0.717) is 12.1 Å². The van der Waals surface area contributed by atoms with E-state index in [-0.39, 0.29) is 17.6 Å². The Bertz CT molecular complexity index is 898. The van der Waals surface area contributed by atoms with Crippen LogP contribution in [-0.4, -0.2) is 48.0 Å². The number of para-hydroxylation sites is 1. The zero-order chi connectivity index (χ0) is 23.0. The molecule has 0 atom stereocenters. The van der Waals surface area contributed by atoms with Gasteiger partial charge in [-0.05, 0) is 57.5 Å². The van der Waals surface area contributed by atoms with Crippen LogP contribution in [0.4, 0.5) is 0 Å². The molecule has 0 saturated carbocycles. The number of piperidine rings is 1. The lowest BCUT2D eigenvalue weighted by molar-refractivity contribution is 0.0919. The molecule has 0 spiro atoms. The minimum Gasteiger partial charge on any atom is -0.490 e. The summed E-state index contributed by atoms with van der Waals surface area (Å²) < 4.78 is 6.12. The van der Waals surface area contributed by atoms with E-state index in [1.54, 1.807) is 0 Å². The SMILES string of the molecule is CCNC(=NCc1cccc(C(=O)NC(C)(C)C)c1)N1CCC(Oc2ccccc2)CC1. The van der Waals surface area contributed by atoms with Crippen LogP contribution in [0.1, 0.15) is 56.5 Å². The number of guanidine groups is 1. The molecular weight excluding hydrogens is 400 g/mol. The van der Waals surface area contributed by atoms with Crippen molar-refractivity contribution < 1.29 is 9.53 Å². The van der Waals surface area contributed by atoms with Crippen molar-refractivity contribution in [1.82, 2.24) is 15.5 Å². The van der Waals surface area contributed by atoms with Crippen LogP contribution >= 0.6 is 0 Å². The van der Waals surface area contributed by atoms with Crippen molar-refractivity contribution in [2.24, 2.45) is 4.99 Å². The Kier molecular flexibility index (Phi) is 8.14. The van der Waals surface area contributed by atoms with Crippen LogP contribution in [0.15, 0.2) is 59.6 Å². The normalized spacial score (nSPS) is 15.4. The van der Waals surface area contributed by atoms with E-state index in [1.165, 1.54) is 0 Å². The molecule has 1 fully saturated rings. The molecule has 6 heteroatoms. The zero-order valence-corrected chi connectivity index (χ0v) is 19.7. The van der Waals surface area contributed by atoms with Gasteiger partial charge in [0.1, 0.15) is 11.9 Å². The third-order valence-electron chi connectivity index (χ3n) is 5.21. The summed E-state index contributed by atoms with van der Waals surface area (Å²) >= 11 is 0. The predicted octanol–water partition coefficient (Wildman–Crippen LogP) is 4.22. The monoisotopic (exact) mass is 436 g/mol. The quantitative estimate of drug-likeness (QED) is 0.526. The van der Waals surface area contributed by atoms with Gasteiger partial charge in [0.05, 0.1) is 6.54 Å². The van der Waals surface area contributed by atoms with Crippen molar-refractivity contribution in [1.29, 1.82) is 0 Å². The second-order valence-corrected chi connectivity index (χ2v) is 9.19. The fourth-order valence-corrected chi connectivity index (χ4v) is 3.69. The molecule has 1 amide bonds. The highest BCUT2D eigenvalue weighted by atomic mass is 16.5. The van der Waals surface area contributed by atoms with Crippen molar-refractivity contribution in [3.05, 3.63) is 65.7 Å². The summed E-state index contributed by atoms with van der Waals surface area (Å²) in [4.78, 5) is 19.6. The Morgan fingerprint density at radius 2 is 1.81 bits per heavy atom. The van der Waals surface area contributed by atoms with E-state index < -0.39 is 0 Å². The van der Waals surface area contributed by atoms with E-state index >= 15 is 0 Å². The number of rotatable bonds is 6. The van der Waals surface area contributed by atoms with E-state index in [9.17, 15) is 4.79 Å². The molecular formula is C26H36N4O2. The van der Waals surface area contributed by atoms with Gasteiger partial charge < -0.3 is 20.3 Å². The van der Waals surface area contributed by atoms with Crippen LogP contribution in [0.5, 0.6) is 5.75 Å². The fourth-order valence-electron chi connectivity index (χ4n) is 3.69. The minimum atomic E-state index is -0.264. The smallest absolute Gasteiger partial charge is 0.251 e. The van der Waals surface area contributed by atoms with Gasteiger partial charge >= 0.3 is 0 Å². The Hall–Kier alpha value is -3.02. The Balaban J connectivity index is 1.59. The number of carbonyl (C=O) groups excluding carboxylic acids is 1. The van der Waals surface area contributed by atoms with Crippen molar-refractivity contribution in [2.45, 2.75) is 58.7 Å². The zero-order valence-electron chi connectivity index (χ0n) is 19.7. The van der Waals surface area contributed by atoms with E-state index in [0.717, 1.165) is 49.7 Å². The average Bonchev–Trinajstić information content (AvgIpc) is 2.77. The molecule has 172 valence electrons. The lowest BCUT2D eigenvalue weighted by atomic mass is 10.1. The van der Waals surface area contributed by atoms with Gasteiger partial charge in [-0.2, -0.15) is 0 Å². The van der Waals surface area contributed by atoms with Crippen LogP contribution in [-0.2, 0) is 6.54 Å². The number of ether oxygens (including phenoxy) is 1. The van der Waals surface area contributed by atoms with E-state index in [2.05, 4.69) is 22.5 Å². The molecule has 1 aliphatic rings. The Morgan fingerprint density at radius 1 is 1.09 bits per heavy atom. The molecule has 0 unspecified atom stereocenters. The molecule has 1 saturated heterocycles. The molecule has 2 aromatic rings. The van der Waals surface area contributed by atoms with Gasteiger partial charge in [-0.3, -0.25) is 4.79 Å². The number of nitrogens with one attached hydrogen (secondary N) is 2. The van der Waals surface area contributed by atoms with Crippen LogP contribution in [0.2, 0.25) is 0 Å². The van der Waals surface area contributed by atoms with E-state index in [4.69, 9.17) is 9.73 Å². The lowest BCUT2D eigenvalue weighted by Gasteiger charge is -2.34. The summed E-state index contributed by atoms with van der Waals surface area (Å²) in [5, 5.41) is 6.43. The molecule has 2 N–H and O–H groups in total. The van der Waals surface area contributed by atoms with Crippen molar-refractivity contribution >= 4 is 11.9 Å². The van der Waals surface area contributed by atoms with Gasteiger partial charge in [-0.25, -0.2) is 4.99 Å². The molecule has 1 aliphatic heterocycles. The number of nitrogens with zero attached hydrogens (tertiary/aromatic N) is 2. The number of hydrogen-bond donors (Lipinski definition) is 2. The summed E-state index contributed by atoms with van der Waals surface area (Å²) in [7, 11) is 0. The summed E-state index contributed by atoms with van der Waals surface area (Å²) in [6.07, 6.45) is 2.15. The molecule has 0 aliphatic carbocycles. The Morgan fingerprint density at radius 3 is 2.47 bits per heavy atom. The standard InChI is InChI=1S/C26H36N4O2/c1-5-27-25(30-16-14-23(15-17-30)32-22-12-7-6-8-13-22)28-19-20-10-9-11-21(18-20)24(31)29-26(2,3)4/h6-13,18,23H,5,14-17,19H2,1-4H3,(H,27,28)(H,29,31). The van der Waals surface area contributed by atoms with Gasteiger partial charge in [0.15, 0.2) is 5.96 Å². The number of likely N-dealkylation sites (tertiary alicyclic amines) is 1. The molecule has 0 bridgehead atoms. The maximum Gasteiger partial charge on any atom is 0.251 e. The van der Waals surface area contributed by atoms with Crippen molar-refractivity contribution in [2.75, 3.05) is 19.6 Å². The molecule has 6 nitrogen and oxygen atoms in total. The van der Waals surface area contributed by atoms with Gasteiger partial charge in [0.2, 0.25) is 0 Å². The third-order valence-corrected chi connectivity index (χ3v) is 5.21. The first-order valence-corrected chi connectivity index (χ1v) is 11.5. The second kappa shape index (κ2) is 11.0. The summed E-state index contributed by atoms with van der Waals surface area (Å²) in [5.74, 6) is 1.79. The first kappa shape index (κ1) is 23.6. The maximum absolute atomic E-state index is 12.5. The van der Waals surface area contributed by atoms with Gasteiger partial charge in [-0.1, -0.05) is 30.3 Å². The largest absolute Gasteiger partial charge is 0.490 e. The molecule has 32 heavy (non-hydrogen) atoms. The highest BCUT2D eigenvalue weighted by Gasteiger charge is 2.23. The second-order valence-electron chi connectivity index (χ2n) is 9.19. The van der Waals surface area contributed by atoms with Gasteiger partial charge in [0.25, 0.3) is 5.91 Å². The van der Waals surface area contributed by atoms with Crippen molar-refractivity contribution in [3.8, 4) is 5.75 Å². The summed E-state index contributed by atoms with van der Waals surface area (Å²) in [6.45, 7) is 11.2. The van der Waals surface area contributed by atoms with Crippen LogP contribution in [0.25, 0.3) is 0 Å². The number of benzene rings is 2. The molecule has 2 aromatic carbocycles. The average molecular weight is 437 g/mol. The molecule has 0 radical (unpaired) electrons. The highest BCUT2D eigenvalue weighted by molar-refractivity contribution is 5.94. The summed E-state index contributed by atoms with van der Waals surface area (Å²) in [6, 6.07) is 17.7. The van der Waals surface area contributed by atoms with Crippen LogP contribution < -0.4 is 15.4 Å². The predicted molar refractivity (Wildman–Crippen MR) is 130 cm³/mol. The van der Waals surface area contributed by atoms with Crippen LogP contribution in [0.3, 0.4) is 0 Å². The lowest BCUT2D eigenvalue weighted by Crippen LogP contribution is -2.47. The first-order valence-electron chi connectivity index (χ1n) is 11.5. The minimum absolute atomic E-state index is 0.0595. The number of aliphatic imine (C=N–C) groups is 1. The molecule has 0 aromatic heterocycles. The number of carbonyl (C=O) groups is 1. The third kappa shape index (κ3) is 7.29. The highest BCUT2D eigenvalue weighted by Crippen LogP contribution is 2.19. The molecule has 1 heterocycles. The topological polar surface area (TPSA) is 66.0 Å². The number of hydrogen-bond acceptors (Lipinski definition) is 3. The van der Waals surface area contributed by atoms with E-state index in [1.807, 2.05) is 75.4 Å². The molecule has 3 rings (SSSR count). The van der Waals surface area contributed by atoms with Gasteiger partial charge in [-0.15, -0.1) is 0 Å². The Labute approximate surface area is 192 Å². The van der Waals surface area contributed by atoms with Crippen LogP contribution in [0, 0.1) is 0 Å². The van der Waals surface area contributed by atoms with Gasteiger partial charge in [0, 0.05) is 43.6 Å². The maximum atomic E-state index is 12.5. The number of amides is 1. The fraction of sp³-hybridized carbons (Fsp3) is 0.462. The first-order chi connectivity index (χ1) is 15.3. The summed E-state index contributed by atoms with van der Waals surface area (Å²) in [5.41, 5.74) is 1.42. The van der Waals surface area contributed by atoms with Crippen molar-refractivity contribution in [3.63, 3.8) is 0 Å².